The number of aryl methyl sites for hydroxylation is 2. The topological polar surface area (TPSA) is 216 Å². The van der Waals surface area contributed by atoms with Crippen LogP contribution in [0.3, 0.4) is 0 Å². The van der Waals surface area contributed by atoms with Gasteiger partial charge < -0.3 is 44.2 Å². The maximum atomic E-state index is 17.4. The zero-order valence-electron chi connectivity index (χ0n) is 49.3. The van der Waals surface area contributed by atoms with Crippen LogP contribution in [0.25, 0.3) is 43.4 Å². The molecule has 3 amide bonds. The van der Waals surface area contributed by atoms with E-state index in [1.807, 2.05) is 121 Å². The number of ether oxygens (including phenoxy) is 2. The summed E-state index contributed by atoms with van der Waals surface area (Å²) in [6, 6.07) is 17.6. The van der Waals surface area contributed by atoms with E-state index in [0.717, 1.165) is 76.8 Å². The van der Waals surface area contributed by atoms with Gasteiger partial charge in [0.05, 0.1) is 45.7 Å². The van der Waals surface area contributed by atoms with Crippen molar-refractivity contribution in [1.82, 2.24) is 45.1 Å². The number of hydrogen-bond donors (Lipinski definition) is 3. The van der Waals surface area contributed by atoms with Gasteiger partial charge in [0.15, 0.2) is 17.4 Å². The second kappa shape index (κ2) is 23.9. The molecule has 4 aliphatic rings. The third kappa shape index (κ3) is 11.8. The molecule has 7 aromatic rings. The van der Waals surface area contributed by atoms with Crippen LogP contribution < -0.4 is 19.9 Å². The number of carbonyl (C=O) groups is 3. The highest BCUT2D eigenvalue weighted by Gasteiger charge is 2.46. The van der Waals surface area contributed by atoms with E-state index in [9.17, 15) is 24.6 Å². The molecule has 4 aromatic heterocycles. The van der Waals surface area contributed by atoms with Crippen molar-refractivity contribution in [3.8, 4) is 33.5 Å². The first-order chi connectivity index (χ1) is 40.2. The maximum absolute atomic E-state index is 17.4. The Morgan fingerprint density at radius 2 is 1.70 bits per heavy atom. The fourth-order valence-electron chi connectivity index (χ4n) is 12.9. The van der Waals surface area contributed by atoms with Crippen LogP contribution in [-0.2, 0) is 20.7 Å². The second-order valence-corrected chi connectivity index (χ2v) is 25.3. The largest absolute Gasteiger partial charge is 0.508 e. The van der Waals surface area contributed by atoms with Gasteiger partial charge in [0.1, 0.15) is 46.9 Å². The van der Waals surface area contributed by atoms with Crippen LogP contribution >= 0.6 is 11.3 Å². The standard InChI is InChI=1S/C63H76FN11O8S/c1-10-38-12-11-13-41-26-45(76)27-47(53(38)41)55-54(64)56-48(30-65-55)58(73-31-43-18-19-44(32-73)75(43)62(80)82-63(6,7)8)69-61(68-56)81-25-24-72-22-20-42(21-23-72)71(9)51-29-50(83-70-51)52(35(2)3)60(79)74-33-46(77)28-49(74)59(78)67-36(4)39-14-16-40(17-15-39)57-37(5)66-34-84-57/h11-17,26-27,29-30,34-36,42-44,46,49,52,76-77H,10,18-25,28,31-33H2,1-9H3,(H,67,78)/t36-,43?,44?,46+,49-,52+/m0/s1. The number of phenols is 1. The Labute approximate surface area is 493 Å². The average molecular weight is 1170 g/mol. The summed E-state index contributed by atoms with van der Waals surface area (Å²) in [6.45, 7) is 18.6. The Morgan fingerprint density at radius 3 is 2.38 bits per heavy atom. The Bertz CT molecular complexity index is 3550. The van der Waals surface area contributed by atoms with Crippen molar-refractivity contribution in [1.29, 1.82) is 0 Å². The number of nitrogens with zero attached hydrogens (tertiary/aromatic N) is 10. The number of piperazine rings is 1. The van der Waals surface area contributed by atoms with Gasteiger partial charge in [-0.15, -0.1) is 11.3 Å². The fraction of sp³-hybridized carbons (Fsp3) is 0.492. The highest BCUT2D eigenvalue weighted by atomic mass is 32.1. The number of likely N-dealkylation sites (tertiary alicyclic amines) is 2. The monoisotopic (exact) mass is 1170 g/mol. The third-order valence-electron chi connectivity index (χ3n) is 17.2. The molecule has 19 nitrogen and oxygen atoms in total. The molecule has 11 rings (SSSR count). The summed E-state index contributed by atoms with van der Waals surface area (Å²) in [6.07, 6.45) is 4.43. The fourth-order valence-corrected chi connectivity index (χ4v) is 13.7. The van der Waals surface area contributed by atoms with Gasteiger partial charge in [0, 0.05) is 76.6 Å². The number of rotatable bonds is 16. The van der Waals surface area contributed by atoms with Gasteiger partial charge in [-0.25, -0.2) is 14.2 Å². The highest BCUT2D eigenvalue weighted by Crippen LogP contribution is 2.41. The minimum Gasteiger partial charge on any atom is -0.508 e. The van der Waals surface area contributed by atoms with Crippen LogP contribution in [0, 0.1) is 18.7 Å². The Kier molecular flexibility index (Phi) is 16.6. The molecule has 8 heterocycles. The van der Waals surface area contributed by atoms with Gasteiger partial charge in [0.2, 0.25) is 11.8 Å². The van der Waals surface area contributed by atoms with Crippen molar-refractivity contribution in [2.45, 2.75) is 142 Å². The molecule has 444 valence electrons. The molecule has 0 aliphatic carbocycles. The van der Waals surface area contributed by atoms with Crippen LogP contribution in [-0.4, -0.2) is 157 Å². The van der Waals surface area contributed by atoms with Crippen molar-refractivity contribution >= 4 is 62.6 Å². The maximum Gasteiger partial charge on any atom is 0.410 e. The van der Waals surface area contributed by atoms with Crippen LogP contribution in [0.1, 0.15) is 115 Å². The lowest BCUT2D eigenvalue weighted by Crippen LogP contribution is -2.57. The number of carbonyl (C=O) groups excluding carboxylic acids is 3. The number of anilines is 2. The number of aromatic nitrogens is 5. The van der Waals surface area contributed by atoms with Gasteiger partial charge >= 0.3 is 12.1 Å². The predicted octanol–water partition coefficient (Wildman–Crippen LogP) is 9.82. The molecule has 3 N–H and O–H groups in total. The molecule has 4 aliphatic heterocycles. The normalized spacial score (nSPS) is 20.3. The number of piperidine rings is 1. The number of hydrogen-bond acceptors (Lipinski definition) is 17. The molecule has 4 saturated heterocycles. The van der Waals surface area contributed by atoms with Gasteiger partial charge in [-0.3, -0.25) is 24.4 Å². The summed E-state index contributed by atoms with van der Waals surface area (Å²) >= 11 is 1.58. The number of pyridine rings is 1. The van der Waals surface area contributed by atoms with Crippen molar-refractivity contribution in [3.05, 3.63) is 101 Å². The number of thiazole rings is 1. The van der Waals surface area contributed by atoms with E-state index in [1.165, 1.54) is 4.90 Å². The Balaban J connectivity index is 0.748. The smallest absolute Gasteiger partial charge is 0.410 e. The number of amides is 3. The van der Waals surface area contributed by atoms with E-state index < -0.39 is 29.5 Å². The minimum atomic E-state index is -0.857. The first kappa shape index (κ1) is 58.3. The van der Waals surface area contributed by atoms with Gasteiger partial charge in [-0.05, 0) is 112 Å². The van der Waals surface area contributed by atoms with Crippen molar-refractivity contribution in [2.75, 3.05) is 62.7 Å². The SMILES string of the molecule is CCc1cccc2cc(O)cc(-c3ncc4c(N5CC6CCC(C5)N6C(=O)OC(C)(C)C)nc(OCCN5CCC(N(C)c6cc([C@H](C(=O)N7C[C@H](O)C[C@H]7C(=O)N[C@@H](C)c7ccc(-c8scnc8C)cc7)C(C)C)on6)CC5)nc4c3F)c12. The van der Waals surface area contributed by atoms with Crippen molar-refractivity contribution in [2.24, 2.45) is 5.92 Å². The lowest BCUT2D eigenvalue weighted by molar-refractivity contribution is -0.141. The average Bonchev–Trinajstić information content (AvgIpc) is 1.35. The minimum absolute atomic E-state index is 0.00453. The number of phenolic OH excluding ortho intramolecular Hbond substituents is 1. The number of β-amino-alcohol motifs (C(OH)–C–C–N with tert-alkyl or cyclic N) is 1. The van der Waals surface area contributed by atoms with Crippen LogP contribution in [0.4, 0.5) is 20.8 Å². The summed E-state index contributed by atoms with van der Waals surface area (Å²) in [5, 5.41) is 31.3. The van der Waals surface area contributed by atoms with Crippen molar-refractivity contribution in [3.63, 3.8) is 0 Å². The molecular weight excluding hydrogens is 1090 g/mol. The van der Waals surface area contributed by atoms with E-state index in [1.54, 1.807) is 29.7 Å². The molecule has 2 unspecified atom stereocenters. The molecule has 0 saturated carbocycles. The van der Waals surface area contributed by atoms with Gasteiger partial charge in [0.25, 0.3) is 0 Å². The third-order valence-corrected chi connectivity index (χ3v) is 18.2. The molecule has 0 radical (unpaired) electrons. The number of halogens is 1. The van der Waals surface area contributed by atoms with Gasteiger partial charge in [-0.1, -0.05) is 68.4 Å². The molecule has 6 atom stereocenters. The summed E-state index contributed by atoms with van der Waals surface area (Å²) in [5.74, 6) is -0.750. The van der Waals surface area contributed by atoms with Crippen LogP contribution in [0.5, 0.6) is 11.8 Å². The Morgan fingerprint density at radius 1 is 0.964 bits per heavy atom. The molecule has 84 heavy (non-hydrogen) atoms. The van der Waals surface area contributed by atoms with Crippen molar-refractivity contribution < 1.29 is 43.0 Å². The highest BCUT2D eigenvalue weighted by molar-refractivity contribution is 7.13. The first-order valence-electron chi connectivity index (χ1n) is 29.4. The number of benzene rings is 3. The summed E-state index contributed by atoms with van der Waals surface area (Å²) in [7, 11) is 1.98. The quantitative estimate of drug-likeness (QED) is 0.0821. The van der Waals surface area contributed by atoms with Gasteiger partial charge in [-0.2, -0.15) is 9.97 Å². The molecular formula is C63H76FN11O8S. The lowest BCUT2D eigenvalue weighted by atomic mass is 9.91. The molecule has 21 heteroatoms. The van der Waals surface area contributed by atoms with Crippen LogP contribution in [0.15, 0.2) is 76.9 Å². The molecule has 2 bridgehead atoms. The number of nitrogens with one attached hydrogen (secondary N) is 1. The summed E-state index contributed by atoms with van der Waals surface area (Å²) < 4.78 is 35.6. The van der Waals surface area contributed by atoms with E-state index in [-0.39, 0.29) is 90.5 Å². The number of aliphatic hydroxyl groups excluding tert-OH is 1. The zero-order chi connectivity index (χ0) is 59.3. The van der Waals surface area contributed by atoms with E-state index in [2.05, 4.69) is 30.2 Å². The first-order valence-corrected chi connectivity index (χ1v) is 30.3. The predicted molar refractivity (Wildman–Crippen MR) is 321 cm³/mol. The Hall–Kier alpha value is -7.49. The number of aromatic hydroxyl groups is 1. The second-order valence-electron chi connectivity index (χ2n) is 24.4. The lowest BCUT2D eigenvalue weighted by Gasteiger charge is -2.42. The number of aliphatic hydroxyl groups is 1. The number of fused-ring (bicyclic) bond motifs is 4. The molecule has 3 aromatic carbocycles. The van der Waals surface area contributed by atoms with E-state index >= 15 is 4.39 Å². The summed E-state index contributed by atoms with van der Waals surface area (Å²) in [5.41, 5.74) is 5.68. The summed E-state index contributed by atoms with van der Waals surface area (Å²) in [4.78, 5) is 71.6. The zero-order valence-corrected chi connectivity index (χ0v) is 50.2. The molecule has 0 spiro atoms. The van der Waals surface area contributed by atoms with E-state index in [0.29, 0.717) is 54.4 Å². The molecule has 4 fully saturated rings. The van der Waals surface area contributed by atoms with E-state index in [4.69, 9.17) is 28.9 Å². The van der Waals surface area contributed by atoms with Crippen LogP contribution in [0.2, 0.25) is 0 Å².